The van der Waals surface area contributed by atoms with Gasteiger partial charge in [0.1, 0.15) is 1.37 Å². The van der Waals surface area contributed by atoms with Gasteiger partial charge in [0, 0.05) is 6.54 Å². The van der Waals surface area contributed by atoms with Crippen molar-refractivity contribution in [2.45, 2.75) is 6.42 Å². The molecule has 0 rings (SSSR count). The van der Waals surface area contributed by atoms with Crippen LogP contribution in [-0.2, 0) is 9.59 Å². The maximum Gasteiger partial charge on any atom is 0.305 e. The molecule has 0 spiro atoms. The minimum Gasteiger partial charge on any atom is -0.481 e. The van der Waals surface area contributed by atoms with Crippen molar-refractivity contribution in [1.29, 1.82) is 0 Å². The highest BCUT2D eigenvalue weighted by Gasteiger charge is 1.99. The molecule has 0 fully saturated rings. The molecule has 0 radical (unpaired) electrons. The predicted octanol–water partition coefficient (Wildman–Crippen LogP) is -2.18. The molecule has 0 saturated carbocycles. The van der Waals surface area contributed by atoms with Gasteiger partial charge < -0.3 is 16.2 Å². The Morgan fingerprint density at radius 2 is 2.30 bits per heavy atom. The van der Waals surface area contributed by atoms with Gasteiger partial charge in [0.25, 0.3) is 5.91 Å². The topological polar surface area (TPSA) is 94.0 Å². The summed E-state index contributed by atoms with van der Waals surface area (Å²) in [6, 6.07) is 0. The first-order valence-electron chi connectivity index (χ1n) is 3.36. The van der Waals surface area contributed by atoms with Crippen LogP contribution < -0.4 is 11.1 Å². The largest absolute Gasteiger partial charge is 0.481 e. The molecule has 0 heterocycles. The molecule has 1 unspecified atom stereocenters. The Morgan fingerprint density at radius 3 is 2.70 bits per heavy atom. The van der Waals surface area contributed by atoms with Crippen molar-refractivity contribution >= 4 is 11.9 Å². The van der Waals surface area contributed by atoms with Gasteiger partial charge >= 0.3 is 5.97 Å². The highest BCUT2D eigenvalue weighted by Crippen LogP contribution is 1.73. The van der Waals surface area contributed by atoms with Crippen LogP contribution in [0.2, 0.25) is 0 Å². The molecule has 0 saturated heterocycles. The van der Waals surface area contributed by atoms with E-state index in [0.717, 1.165) is 0 Å². The molecule has 58 valence electrons. The van der Waals surface area contributed by atoms with E-state index in [1.165, 1.54) is 0 Å². The molecule has 5 nitrogen and oxygen atoms in total. The van der Waals surface area contributed by atoms with Gasteiger partial charge in [0.15, 0.2) is 6.52 Å². The van der Waals surface area contributed by atoms with Gasteiger partial charge in [-0.15, -0.1) is 0 Å². The van der Waals surface area contributed by atoms with E-state index in [1.807, 2.05) is 0 Å². The van der Waals surface area contributed by atoms with E-state index in [-0.39, 0.29) is 13.0 Å². The first-order valence-corrected chi connectivity index (χ1v) is 2.79. The number of carboxylic acids is 1. The number of carbonyl (C=O) groups excluding carboxylic acids is 1. The lowest BCUT2D eigenvalue weighted by Crippen LogP contribution is -2.57. The van der Waals surface area contributed by atoms with Crippen LogP contribution in [0.1, 0.15) is 7.79 Å². The number of quaternary nitrogens is 1. The zero-order chi connectivity index (χ0) is 8.85. The van der Waals surface area contributed by atoms with Gasteiger partial charge in [0.05, 0.1) is 6.42 Å². The third kappa shape index (κ3) is 5.04. The van der Waals surface area contributed by atoms with Crippen LogP contribution in [0.25, 0.3) is 0 Å². The van der Waals surface area contributed by atoms with Crippen molar-refractivity contribution in [3.05, 3.63) is 0 Å². The zero-order valence-electron chi connectivity index (χ0n) is 6.46. The lowest BCUT2D eigenvalue weighted by molar-refractivity contribution is -0.355. The van der Waals surface area contributed by atoms with Crippen LogP contribution in [0, 0.1) is 0 Å². The molecule has 0 aliphatic carbocycles. The van der Waals surface area contributed by atoms with Gasteiger partial charge in [-0.05, 0) is 0 Å². The molecule has 0 aliphatic rings. The first-order chi connectivity index (χ1) is 5.04. The van der Waals surface area contributed by atoms with Crippen molar-refractivity contribution in [2.75, 3.05) is 13.1 Å². The number of rotatable bonds is 4. The Bertz CT molecular complexity index is 160. The van der Waals surface area contributed by atoms with Crippen LogP contribution in [0.4, 0.5) is 0 Å². The van der Waals surface area contributed by atoms with E-state index in [9.17, 15) is 9.59 Å². The number of hydrogen-bond acceptors (Lipinski definition) is 2. The molecule has 0 aliphatic heterocycles. The summed E-state index contributed by atoms with van der Waals surface area (Å²) in [5.41, 5.74) is 3.14. The maximum absolute atomic E-state index is 10.6. The number of amides is 1. The predicted molar refractivity (Wildman–Crippen MR) is 33.0 cm³/mol. The quantitative estimate of drug-likeness (QED) is 0.423. The molecule has 10 heavy (non-hydrogen) atoms. The molecule has 0 aromatic carbocycles. The second-order valence-corrected chi connectivity index (χ2v) is 1.64. The van der Waals surface area contributed by atoms with Crippen LogP contribution in [0.15, 0.2) is 0 Å². The number of carboxylic acid groups (broad SMARTS) is 1. The van der Waals surface area contributed by atoms with E-state index in [2.05, 4.69) is 11.1 Å². The molecule has 5 N–H and O–H groups in total. The maximum atomic E-state index is 10.6. The fourth-order valence-electron chi connectivity index (χ4n) is 0.365. The fraction of sp³-hybridized carbons (Fsp3) is 0.600. The smallest absolute Gasteiger partial charge is 0.305 e. The minimum atomic E-state index is -1.08. The van der Waals surface area contributed by atoms with E-state index in [0.29, 0.717) is 0 Å². The summed E-state index contributed by atoms with van der Waals surface area (Å²) in [6.45, 7) is -1.03. The van der Waals surface area contributed by atoms with Crippen LogP contribution in [0.5, 0.6) is 0 Å². The number of aliphatic carboxylic acids is 1. The van der Waals surface area contributed by atoms with Crippen molar-refractivity contribution in [2.24, 2.45) is 0 Å². The van der Waals surface area contributed by atoms with Gasteiger partial charge in [-0.25, -0.2) is 0 Å². The summed E-state index contributed by atoms with van der Waals surface area (Å²) in [7, 11) is 0. The van der Waals surface area contributed by atoms with E-state index in [1.54, 1.807) is 0 Å². The summed E-state index contributed by atoms with van der Waals surface area (Å²) < 4.78 is 6.80. The van der Waals surface area contributed by atoms with Crippen LogP contribution in [0.3, 0.4) is 0 Å². The Morgan fingerprint density at radius 1 is 1.70 bits per heavy atom. The van der Waals surface area contributed by atoms with E-state index < -0.39 is 18.4 Å². The van der Waals surface area contributed by atoms with Crippen molar-refractivity contribution in [1.82, 2.24) is 5.32 Å². The average Bonchev–Trinajstić information content (AvgIpc) is 1.86. The minimum absolute atomic E-state index is 0.0546. The molecular weight excluding hydrogens is 136 g/mol. The van der Waals surface area contributed by atoms with E-state index >= 15 is 0 Å². The van der Waals surface area contributed by atoms with Crippen molar-refractivity contribution in [3.8, 4) is 0 Å². The van der Waals surface area contributed by atoms with Gasteiger partial charge in [0.2, 0.25) is 0 Å². The highest BCUT2D eigenvalue weighted by atomic mass is 16.4. The molecular formula is C5H11N2O3+. The van der Waals surface area contributed by atoms with Crippen LogP contribution in [-0.4, -0.2) is 30.0 Å². The van der Waals surface area contributed by atoms with Crippen molar-refractivity contribution < 1.29 is 21.8 Å². The second-order valence-electron chi connectivity index (χ2n) is 1.64. The molecule has 5 heteroatoms. The number of carbonyl (C=O) groups is 2. The first kappa shape index (κ1) is 7.01. The second kappa shape index (κ2) is 4.75. The average molecular weight is 148 g/mol. The summed E-state index contributed by atoms with van der Waals surface area (Å²) in [5, 5.41) is 10.4. The van der Waals surface area contributed by atoms with Gasteiger partial charge in [-0.1, -0.05) is 0 Å². The van der Waals surface area contributed by atoms with Gasteiger partial charge in [-0.2, -0.15) is 0 Å². The molecule has 0 aromatic heterocycles. The summed E-state index contributed by atoms with van der Waals surface area (Å²) in [6.07, 6.45) is -0.127. The highest BCUT2D eigenvalue weighted by molar-refractivity contribution is 5.77. The third-order valence-corrected chi connectivity index (χ3v) is 0.823. The molecule has 1 amide bonds. The summed E-state index contributed by atoms with van der Waals surface area (Å²) in [5.74, 6) is -1.53. The lowest BCUT2D eigenvalue weighted by Gasteiger charge is -1.96. The number of hydrogen-bond donors (Lipinski definition) is 3. The monoisotopic (exact) mass is 148 g/mol. The SMILES string of the molecule is [2H]C([NH3+])C(=O)NCCC(=O)O. The Balaban J connectivity index is 3.39. The Kier molecular flexibility index (Phi) is 3.33. The third-order valence-electron chi connectivity index (χ3n) is 0.823. The van der Waals surface area contributed by atoms with Crippen molar-refractivity contribution in [3.63, 3.8) is 0 Å². The van der Waals surface area contributed by atoms with E-state index in [4.69, 9.17) is 6.48 Å². The molecule has 0 bridgehead atoms. The molecule has 0 aromatic rings. The normalized spacial score (nSPS) is 13.5. The van der Waals surface area contributed by atoms with Gasteiger partial charge in [-0.3, -0.25) is 9.59 Å². The fourth-order valence-corrected chi connectivity index (χ4v) is 0.365. The Labute approximate surface area is 59.6 Å². The standard InChI is InChI=1S/C5H10N2O3/c6-3-4(8)7-2-1-5(9)10/h1-3,6H2,(H,7,8)(H,9,10)/p+1/i3D. The lowest BCUT2D eigenvalue weighted by atomic mass is 10.4. The molecule has 1 atom stereocenters. The Hall–Kier alpha value is -1.10. The zero-order valence-corrected chi connectivity index (χ0v) is 5.46. The van der Waals surface area contributed by atoms with Crippen LogP contribution >= 0.6 is 0 Å². The number of nitrogens with one attached hydrogen (secondary N) is 1. The summed E-state index contributed by atoms with van der Waals surface area (Å²) in [4.78, 5) is 20.5. The summed E-state index contributed by atoms with van der Waals surface area (Å²) >= 11 is 0.